The largest absolute Gasteiger partial charge is 0.319 e. The van der Waals surface area contributed by atoms with Crippen molar-refractivity contribution in [2.45, 2.75) is 65.5 Å². The molecule has 1 saturated carbocycles. The summed E-state index contributed by atoms with van der Waals surface area (Å²) in [6, 6.07) is 1.96. The van der Waals surface area contributed by atoms with Gasteiger partial charge in [-0.1, -0.05) is 13.3 Å². The van der Waals surface area contributed by atoms with Crippen molar-refractivity contribution in [3.8, 4) is 0 Å². The Hall–Kier alpha value is -2.70. The van der Waals surface area contributed by atoms with E-state index in [2.05, 4.69) is 22.4 Å². The van der Waals surface area contributed by atoms with Crippen molar-refractivity contribution in [1.82, 2.24) is 24.5 Å². The molecule has 1 N–H and O–H groups in total. The zero-order valence-corrected chi connectivity index (χ0v) is 16.2. The van der Waals surface area contributed by atoms with Crippen LogP contribution in [0, 0.1) is 6.92 Å². The molecule has 27 heavy (non-hydrogen) atoms. The fraction of sp³-hybridized carbons (Fsp3) is 0.500. The van der Waals surface area contributed by atoms with Gasteiger partial charge in [0, 0.05) is 30.9 Å². The van der Waals surface area contributed by atoms with Gasteiger partial charge in [0.15, 0.2) is 5.65 Å². The van der Waals surface area contributed by atoms with E-state index in [0.29, 0.717) is 17.2 Å². The monoisotopic (exact) mass is 366 g/mol. The van der Waals surface area contributed by atoms with Crippen molar-refractivity contribution in [2.75, 3.05) is 5.32 Å². The fourth-order valence-electron chi connectivity index (χ4n) is 3.40. The van der Waals surface area contributed by atoms with Crippen LogP contribution in [0.25, 0.3) is 11.0 Å². The zero-order valence-electron chi connectivity index (χ0n) is 16.2. The van der Waals surface area contributed by atoms with Gasteiger partial charge in [0.2, 0.25) is 0 Å². The molecule has 3 aromatic rings. The Morgan fingerprint density at radius 2 is 2.15 bits per heavy atom. The third kappa shape index (κ3) is 3.46. The molecular weight excluding hydrogens is 340 g/mol. The highest BCUT2D eigenvalue weighted by atomic mass is 16.1. The molecule has 0 aromatic carbocycles. The van der Waals surface area contributed by atoms with Crippen LogP contribution < -0.4 is 5.32 Å². The van der Waals surface area contributed by atoms with Gasteiger partial charge in [0.1, 0.15) is 0 Å². The molecule has 7 nitrogen and oxygen atoms in total. The second-order valence-electron chi connectivity index (χ2n) is 7.27. The third-order valence-corrected chi connectivity index (χ3v) is 5.08. The summed E-state index contributed by atoms with van der Waals surface area (Å²) in [4.78, 5) is 18.0. The molecule has 142 valence electrons. The van der Waals surface area contributed by atoms with E-state index in [9.17, 15) is 4.79 Å². The summed E-state index contributed by atoms with van der Waals surface area (Å²) in [6.45, 7) is 7.73. The molecule has 1 aliphatic rings. The first kappa shape index (κ1) is 17.7. The quantitative estimate of drug-likeness (QED) is 0.688. The SMILES string of the molecule is CCCCn1nc(C)c2c(C(=O)Nc3cnn(CC)c3)cc(C3CC3)nc21. The minimum atomic E-state index is -0.127. The first-order chi connectivity index (χ1) is 13.1. The number of fused-ring (bicyclic) bond motifs is 1. The number of aromatic nitrogens is 5. The van der Waals surface area contributed by atoms with Gasteiger partial charge < -0.3 is 5.32 Å². The summed E-state index contributed by atoms with van der Waals surface area (Å²) in [6.07, 6.45) is 7.95. The van der Waals surface area contributed by atoms with Crippen LogP contribution in [0.3, 0.4) is 0 Å². The normalized spacial score (nSPS) is 14.0. The highest BCUT2D eigenvalue weighted by Crippen LogP contribution is 2.40. The van der Waals surface area contributed by atoms with Gasteiger partial charge >= 0.3 is 0 Å². The maximum atomic E-state index is 13.1. The third-order valence-electron chi connectivity index (χ3n) is 5.08. The van der Waals surface area contributed by atoms with E-state index in [1.807, 2.05) is 30.8 Å². The highest BCUT2D eigenvalue weighted by Gasteiger charge is 2.28. The van der Waals surface area contributed by atoms with Crippen LogP contribution in [0.15, 0.2) is 18.5 Å². The molecule has 3 aromatic heterocycles. The standard InChI is InChI=1S/C20H26N6O/c1-4-6-9-26-19-18(13(3)24-26)16(10-17(23-19)14-7-8-14)20(27)22-15-11-21-25(5-2)12-15/h10-12,14H,4-9H2,1-3H3,(H,22,27). The van der Waals surface area contributed by atoms with Crippen LogP contribution in [0.2, 0.25) is 0 Å². The summed E-state index contributed by atoms with van der Waals surface area (Å²) in [7, 11) is 0. The van der Waals surface area contributed by atoms with Crippen LogP contribution in [0.1, 0.15) is 67.2 Å². The van der Waals surface area contributed by atoms with E-state index in [1.165, 1.54) is 0 Å². The Bertz CT molecular complexity index is 982. The predicted molar refractivity (Wildman–Crippen MR) is 105 cm³/mol. The topological polar surface area (TPSA) is 77.6 Å². The number of nitrogens with one attached hydrogen (secondary N) is 1. The molecule has 4 rings (SSSR count). The van der Waals surface area contributed by atoms with Crippen LogP contribution in [0.5, 0.6) is 0 Å². The van der Waals surface area contributed by atoms with Gasteiger partial charge in [-0.25, -0.2) is 9.67 Å². The molecule has 1 amide bonds. The van der Waals surface area contributed by atoms with E-state index < -0.39 is 0 Å². The molecule has 0 aliphatic heterocycles. The van der Waals surface area contributed by atoms with E-state index in [-0.39, 0.29) is 5.91 Å². The Kier molecular flexibility index (Phi) is 4.68. The second-order valence-corrected chi connectivity index (χ2v) is 7.27. The molecule has 1 fully saturated rings. The summed E-state index contributed by atoms with van der Waals surface area (Å²) >= 11 is 0. The average molecular weight is 366 g/mol. The van der Waals surface area contributed by atoms with E-state index in [4.69, 9.17) is 4.98 Å². The number of aryl methyl sites for hydroxylation is 3. The number of hydrogen-bond donors (Lipinski definition) is 1. The average Bonchev–Trinajstić information content (AvgIpc) is 3.35. The van der Waals surface area contributed by atoms with Crippen molar-refractivity contribution in [2.24, 2.45) is 0 Å². The summed E-state index contributed by atoms with van der Waals surface area (Å²) < 4.78 is 3.76. The number of hydrogen-bond acceptors (Lipinski definition) is 4. The molecule has 1 aliphatic carbocycles. The predicted octanol–water partition coefficient (Wildman–Crippen LogP) is 3.89. The first-order valence-electron chi connectivity index (χ1n) is 9.82. The highest BCUT2D eigenvalue weighted by molar-refractivity contribution is 6.12. The lowest BCUT2D eigenvalue weighted by Gasteiger charge is -2.08. The van der Waals surface area contributed by atoms with Crippen molar-refractivity contribution in [1.29, 1.82) is 0 Å². The number of rotatable bonds is 7. The van der Waals surface area contributed by atoms with Crippen LogP contribution in [-0.4, -0.2) is 30.5 Å². The van der Waals surface area contributed by atoms with Crippen molar-refractivity contribution < 1.29 is 4.79 Å². The number of amides is 1. The number of nitrogens with zero attached hydrogens (tertiary/aromatic N) is 5. The number of unbranched alkanes of at least 4 members (excludes halogenated alkanes) is 1. The van der Waals surface area contributed by atoms with Crippen molar-refractivity contribution >= 4 is 22.6 Å². The van der Waals surface area contributed by atoms with Gasteiger partial charge in [-0.3, -0.25) is 9.48 Å². The first-order valence-corrected chi connectivity index (χ1v) is 9.82. The molecule has 0 bridgehead atoms. The van der Waals surface area contributed by atoms with E-state index in [1.54, 1.807) is 10.9 Å². The Morgan fingerprint density at radius 3 is 2.81 bits per heavy atom. The van der Waals surface area contributed by atoms with Gasteiger partial charge in [-0.2, -0.15) is 10.2 Å². The molecule has 0 unspecified atom stereocenters. The van der Waals surface area contributed by atoms with Crippen LogP contribution in [-0.2, 0) is 13.1 Å². The Balaban J connectivity index is 1.75. The van der Waals surface area contributed by atoms with E-state index in [0.717, 1.165) is 61.2 Å². The van der Waals surface area contributed by atoms with Gasteiger partial charge in [-0.05, 0) is 39.2 Å². The minimum Gasteiger partial charge on any atom is -0.319 e. The minimum absolute atomic E-state index is 0.127. The second kappa shape index (κ2) is 7.13. The van der Waals surface area contributed by atoms with E-state index >= 15 is 0 Å². The molecule has 0 radical (unpaired) electrons. The van der Waals surface area contributed by atoms with Gasteiger partial charge in [-0.15, -0.1) is 0 Å². The maximum Gasteiger partial charge on any atom is 0.256 e. The lowest BCUT2D eigenvalue weighted by molar-refractivity contribution is 0.102. The molecule has 0 spiro atoms. The van der Waals surface area contributed by atoms with Crippen molar-refractivity contribution in [3.05, 3.63) is 35.4 Å². The molecular formula is C20H26N6O. The number of anilines is 1. The fourth-order valence-corrected chi connectivity index (χ4v) is 3.40. The summed E-state index contributed by atoms with van der Waals surface area (Å²) in [5, 5.41) is 12.7. The van der Waals surface area contributed by atoms with Gasteiger partial charge in [0.05, 0.1) is 28.5 Å². The molecule has 7 heteroatoms. The maximum absolute atomic E-state index is 13.1. The van der Waals surface area contributed by atoms with Crippen molar-refractivity contribution in [3.63, 3.8) is 0 Å². The molecule has 3 heterocycles. The number of pyridine rings is 1. The van der Waals surface area contributed by atoms with Crippen LogP contribution in [0.4, 0.5) is 5.69 Å². The molecule has 0 atom stereocenters. The lowest BCUT2D eigenvalue weighted by Crippen LogP contribution is -2.13. The zero-order chi connectivity index (χ0) is 19.0. The molecule has 0 saturated heterocycles. The van der Waals surface area contributed by atoms with Gasteiger partial charge in [0.25, 0.3) is 5.91 Å². The summed E-state index contributed by atoms with van der Waals surface area (Å²) in [5.74, 6) is 0.344. The number of carbonyl (C=O) groups excluding carboxylic acids is 1. The van der Waals surface area contributed by atoms with Crippen LogP contribution >= 0.6 is 0 Å². The summed E-state index contributed by atoms with van der Waals surface area (Å²) in [5.41, 5.74) is 4.06. The lowest BCUT2D eigenvalue weighted by atomic mass is 10.1. The number of carbonyl (C=O) groups is 1. The Morgan fingerprint density at radius 1 is 1.33 bits per heavy atom. The Labute approximate surface area is 158 Å². The smallest absolute Gasteiger partial charge is 0.256 e.